The molecule has 1 aliphatic carbocycles. The number of fused-ring (bicyclic) bond motifs is 1. The van der Waals surface area contributed by atoms with Crippen molar-refractivity contribution < 1.29 is 9.72 Å². The lowest BCUT2D eigenvalue weighted by Gasteiger charge is -2.13. The van der Waals surface area contributed by atoms with Gasteiger partial charge in [0, 0.05) is 18.6 Å². The predicted octanol–water partition coefficient (Wildman–Crippen LogP) is 2.61. The Morgan fingerprint density at radius 1 is 1.35 bits per heavy atom. The van der Waals surface area contributed by atoms with Crippen molar-refractivity contribution in [2.75, 3.05) is 0 Å². The van der Waals surface area contributed by atoms with Gasteiger partial charge in [-0.25, -0.2) is 4.68 Å². The summed E-state index contributed by atoms with van der Waals surface area (Å²) in [7, 11) is 0. The van der Waals surface area contributed by atoms with Crippen LogP contribution in [0.1, 0.15) is 34.6 Å². The average Bonchev–Trinajstić information content (AvgIpc) is 2.78. The summed E-state index contributed by atoms with van der Waals surface area (Å²) in [5, 5.41) is 15.2. The second-order valence-corrected chi connectivity index (χ2v) is 4.87. The van der Waals surface area contributed by atoms with E-state index in [0.717, 1.165) is 18.5 Å². The second-order valence-electron chi connectivity index (χ2n) is 4.87. The first kappa shape index (κ1) is 12.5. The zero-order valence-electron chi connectivity index (χ0n) is 11.0. The molecule has 0 radical (unpaired) electrons. The lowest BCUT2D eigenvalue weighted by Crippen LogP contribution is -2.13. The molecule has 0 atom stereocenters. The normalized spacial score (nSPS) is 14.2. The summed E-state index contributed by atoms with van der Waals surface area (Å²) in [6.45, 7) is 1.80. The summed E-state index contributed by atoms with van der Waals surface area (Å²) >= 11 is 0. The molecule has 0 amide bonds. The Bertz CT molecular complexity index is 718. The minimum atomic E-state index is -0.433. The number of nitrogens with zero attached hydrogens (tertiary/aromatic N) is 3. The molecule has 1 aromatic carbocycles. The molecule has 3 rings (SSSR count). The van der Waals surface area contributed by atoms with Crippen LogP contribution in [0.3, 0.4) is 0 Å². The molecular formula is C14H13N3O3. The maximum absolute atomic E-state index is 12.0. The lowest BCUT2D eigenvalue weighted by molar-refractivity contribution is -0.384. The first-order chi connectivity index (χ1) is 9.58. The van der Waals surface area contributed by atoms with Gasteiger partial charge in [0.2, 0.25) is 0 Å². The molecule has 1 heterocycles. The number of hydrogen-bond donors (Lipinski definition) is 0. The highest BCUT2D eigenvalue weighted by Gasteiger charge is 2.25. The van der Waals surface area contributed by atoms with Gasteiger partial charge in [0.05, 0.1) is 27.6 Å². The van der Waals surface area contributed by atoms with Crippen LogP contribution in [0.4, 0.5) is 5.69 Å². The Morgan fingerprint density at radius 2 is 2.15 bits per heavy atom. The summed E-state index contributed by atoms with van der Waals surface area (Å²) in [6, 6.07) is 6.31. The fraction of sp³-hybridized carbons (Fsp3) is 0.286. The summed E-state index contributed by atoms with van der Waals surface area (Å²) in [5.41, 5.74) is 2.88. The number of hydrogen-bond acceptors (Lipinski definition) is 4. The number of Topliss-reactive ketones (excluding diaryl/α,β-unsaturated/α-hetero) is 1. The molecule has 0 saturated heterocycles. The molecule has 0 saturated carbocycles. The van der Waals surface area contributed by atoms with E-state index in [2.05, 4.69) is 5.10 Å². The summed E-state index contributed by atoms with van der Waals surface area (Å²) < 4.78 is 1.66. The van der Waals surface area contributed by atoms with Crippen molar-refractivity contribution in [3.63, 3.8) is 0 Å². The molecule has 0 spiro atoms. The first-order valence-electron chi connectivity index (χ1n) is 6.44. The minimum Gasteiger partial charge on any atom is -0.294 e. The van der Waals surface area contributed by atoms with Gasteiger partial charge in [-0.1, -0.05) is 6.07 Å². The Hall–Kier alpha value is -2.50. The van der Waals surface area contributed by atoms with E-state index < -0.39 is 4.92 Å². The van der Waals surface area contributed by atoms with E-state index in [-0.39, 0.29) is 11.5 Å². The van der Waals surface area contributed by atoms with E-state index in [1.807, 2.05) is 0 Å². The molecule has 0 unspecified atom stereocenters. The van der Waals surface area contributed by atoms with Crippen molar-refractivity contribution in [2.24, 2.45) is 0 Å². The van der Waals surface area contributed by atoms with Crippen LogP contribution in [0.15, 0.2) is 24.3 Å². The van der Waals surface area contributed by atoms with E-state index in [1.165, 1.54) is 12.1 Å². The quantitative estimate of drug-likeness (QED) is 0.621. The van der Waals surface area contributed by atoms with E-state index in [1.54, 1.807) is 23.7 Å². The number of nitro benzene ring substituents is 1. The molecule has 6 heteroatoms. The smallest absolute Gasteiger partial charge is 0.271 e. The molecule has 0 fully saturated rings. The third-order valence-corrected chi connectivity index (χ3v) is 3.54. The molecular weight excluding hydrogens is 258 g/mol. The number of aromatic nitrogens is 2. The Kier molecular flexibility index (Phi) is 2.85. The molecule has 0 bridgehead atoms. The number of non-ortho nitro benzene ring substituents is 1. The van der Waals surface area contributed by atoms with Crippen LogP contribution >= 0.6 is 0 Å². The van der Waals surface area contributed by atoms with Crippen molar-refractivity contribution in [1.82, 2.24) is 9.78 Å². The summed E-state index contributed by atoms with van der Waals surface area (Å²) in [4.78, 5) is 22.4. The average molecular weight is 271 g/mol. The van der Waals surface area contributed by atoms with Gasteiger partial charge in [-0.05, 0) is 25.8 Å². The number of ketones is 1. The number of carbonyl (C=O) groups excluding carboxylic acids is 1. The van der Waals surface area contributed by atoms with Crippen molar-refractivity contribution in [2.45, 2.75) is 26.2 Å². The summed E-state index contributed by atoms with van der Waals surface area (Å²) in [6.07, 6.45) is 2.12. The van der Waals surface area contributed by atoms with Crippen molar-refractivity contribution >= 4 is 11.5 Å². The largest absolute Gasteiger partial charge is 0.294 e. The number of rotatable bonds is 2. The lowest BCUT2D eigenvalue weighted by atomic mass is 9.94. The minimum absolute atomic E-state index is 0.0199. The highest BCUT2D eigenvalue weighted by atomic mass is 16.6. The van der Waals surface area contributed by atoms with Gasteiger partial charge in [0.25, 0.3) is 5.69 Å². The summed E-state index contributed by atoms with van der Waals surface area (Å²) in [5.74, 6) is 0.112. The van der Waals surface area contributed by atoms with Crippen LogP contribution in [0.25, 0.3) is 5.69 Å². The molecule has 1 aliphatic rings. The van der Waals surface area contributed by atoms with Gasteiger partial charge < -0.3 is 0 Å². The van der Waals surface area contributed by atoms with E-state index in [9.17, 15) is 14.9 Å². The number of benzene rings is 1. The van der Waals surface area contributed by atoms with Crippen molar-refractivity contribution in [1.29, 1.82) is 0 Å². The van der Waals surface area contributed by atoms with E-state index in [4.69, 9.17) is 0 Å². The van der Waals surface area contributed by atoms with E-state index >= 15 is 0 Å². The van der Waals surface area contributed by atoms with Crippen LogP contribution in [0.5, 0.6) is 0 Å². The zero-order valence-corrected chi connectivity index (χ0v) is 11.0. The predicted molar refractivity (Wildman–Crippen MR) is 72.2 cm³/mol. The molecule has 102 valence electrons. The van der Waals surface area contributed by atoms with Gasteiger partial charge in [0.1, 0.15) is 0 Å². The van der Waals surface area contributed by atoms with Crippen LogP contribution in [-0.4, -0.2) is 20.5 Å². The van der Waals surface area contributed by atoms with Crippen LogP contribution in [-0.2, 0) is 6.42 Å². The number of aryl methyl sites for hydroxylation is 1. The standard InChI is InChI=1S/C14H13N3O3/c1-9-14-12(6-3-7-13(14)18)16(15-9)10-4-2-5-11(8-10)17(19)20/h2,4-5,8H,3,6-7H2,1H3. The number of nitro groups is 1. The fourth-order valence-corrected chi connectivity index (χ4v) is 2.66. The molecule has 0 aliphatic heterocycles. The molecule has 6 nitrogen and oxygen atoms in total. The number of carbonyl (C=O) groups is 1. The van der Waals surface area contributed by atoms with Crippen LogP contribution in [0, 0.1) is 17.0 Å². The zero-order chi connectivity index (χ0) is 14.3. The van der Waals surface area contributed by atoms with Crippen molar-refractivity contribution in [3.05, 3.63) is 51.3 Å². The van der Waals surface area contributed by atoms with Crippen LogP contribution < -0.4 is 0 Å². The van der Waals surface area contributed by atoms with Crippen LogP contribution in [0.2, 0.25) is 0 Å². The fourth-order valence-electron chi connectivity index (χ4n) is 2.66. The Balaban J connectivity index is 2.16. The molecule has 1 aromatic heterocycles. The first-order valence-corrected chi connectivity index (χ1v) is 6.44. The SMILES string of the molecule is Cc1nn(-c2cccc([N+](=O)[O-])c2)c2c1C(=O)CCC2. The van der Waals surface area contributed by atoms with Gasteiger partial charge >= 0.3 is 0 Å². The third kappa shape index (κ3) is 1.89. The molecule has 0 N–H and O–H groups in total. The molecule has 2 aromatic rings. The maximum atomic E-state index is 12.0. The second kappa shape index (κ2) is 4.56. The monoisotopic (exact) mass is 271 g/mol. The van der Waals surface area contributed by atoms with Gasteiger partial charge in [-0.3, -0.25) is 14.9 Å². The van der Waals surface area contributed by atoms with E-state index in [0.29, 0.717) is 23.4 Å². The van der Waals surface area contributed by atoms with Gasteiger partial charge in [-0.15, -0.1) is 0 Å². The van der Waals surface area contributed by atoms with Gasteiger partial charge in [-0.2, -0.15) is 5.10 Å². The third-order valence-electron chi connectivity index (χ3n) is 3.54. The topological polar surface area (TPSA) is 78.0 Å². The highest BCUT2D eigenvalue weighted by molar-refractivity contribution is 5.99. The Morgan fingerprint density at radius 3 is 2.90 bits per heavy atom. The molecule has 20 heavy (non-hydrogen) atoms. The highest BCUT2D eigenvalue weighted by Crippen LogP contribution is 2.27. The Labute approximate surface area is 115 Å². The van der Waals surface area contributed by atoms with Crippen molar-refractivity contribution in [3.8, 4) is 5.69 Å². The maximum Gasteiger partial charge on any atom is 0.271 e. The van der Waals surface area contributed by atoms with Gasteiger partial charge in [0.15, 0.2) is 5.78 Å².